The molecule has 0 aliphatic rings. The predicted octanol–water partition coefficient (Wildman–Crippen LogP) is 2.52. The van der Waals surface area contributed by atoms with Crippen molar-refractivity contribution in [3.05, 3.63) is 71.8 Å². The maximum Gasteiger partial charge on any atom is 0.328 e. The highest BCUT2D eigenvalue weighted by Gasteiger charge is 2.30. The summed E-state index contributed by atoms with van der Waals surface area (Å²) in [5, 5.41) is 17.1. The van der Waals surface area contributed by atoms with Gasteiger partial charge >= 0.3 is 5.97 Å². The minimum Gasteiger partial charge on any atom is -0.467 e. The average Bonchev–Trinajstić information content (AvgIpc) is 2.90. The molecule has 9 nitrogen and oxygen atoms in total. The third-order valence-electron chi connectivity index (χ3n) is 5.63. The van der Waals surface area contributed by atoms with E-state index < -0.39 is 41.8 Å². The number of hydrogen-bond acceptors (Lipinski definition) is 6. The first kappa shape index (κ1) is 29.0. The van der Waals surface area contributed by atoms with Gasteiger partial charge in [-0.1, -0.05) is 62.4 Å². The van der Waals surface area contributed by atoms with Crippen LogP contribution in [0.5, 0.6) is 0 Å². The summed E-state index contributed by atoms with van der Waals surface area (Å²) in [6.45, 7) is 3.83. The number of ether oxygens (including phenoxy) is 1. The average molecular weight is 507 g/mol. The third-order valence-corrected chi connectivity index (χ3v) is 5.63. The van der Waals surface area contributed by atoms with Crippen molar-refractivity contribution in [3.8, 4) is 6.07 Å². The highest BCUT2D eigenvalue weighted by Crippen LogP contribution is 2.10. The summed E-state index contributed by atoms with van der Waals surface area (Å²) in [5.74, 6) is -2.13. The predicted molar refractivity (Wildman–Crippen MR) is 138 cm³/mol. The van der Waals surface area contributed by atoms with Crippen molar-refractivity contribution in [2.24, 2.45) is 5.92 Å². The number of nitrogens with one attached hydrogen (secondary N) is 3. The highest BCUT2D eigenvalue weighted by molar-refractivity contribution is 5.98. The number of methoxy groups -OCH3 is 1. The van der Waals surface area contributed by atoms with Crippen LogP contribution in [0.15, 0.2) is 60.7 Å². The van der Waals surface area contributed by atoms with Crippen molar-refractivity contribution in [1.82, 2.24) is 16.0 Å². The Hall–Kier alpha value is -4.19. The molecule has 2 aromatic carbocycles. The van der Waals surface area contributed by atoms with Crippen LogP contribution in [0.2, 0.25) is 0 Å². The number of hydrogen-bond donors (Lipinski definition) is 3. The molecule has 0 aromatic heterocycles. The number of nitriles is 1. The van der Waals surface area contributed by atoms with Gasteiger partial charge in [-0.15, -0.1) is 0 Å². The SMILES string of the molecule is COC(=O)[C@H](Cc1ccccc1)NC(=O)C(CCC#N)NC(=O)[C@H](CC(C)C)NC(=O)c1ccccc1. The standard InChI is InChI=1S/C28H34N4O5/c1-19(2)17-23(31-25(33)21-13-8-5-9-14-21)27(35)30-22(15-10-16-29)26(34)32-24(28(36)37-3)18-20-11-6-4-7-12-20/h4-9,11-14,19,22-24H,10,15,17-18H2,1-3H3,(H,30,35)(H,31,33)(H,32,34)/t22?,23-,24-/m0/s1. The molecule has 0 bridgehead atoms. The summed E-state index contributed by atoms with van der Waals surface area (Å²) in [5.41, 5.74) is 1.22. The van der Waals surface area contributed by atoms with E-state index in [-0.39, 0.29) is 25.2 Å². The molecule has 3 atom stereocenters. The second-order valence-corrected chi connectivity index (χ2v) is 9.05. The second kappa shape index (κ2) is 15.0. The fourth-order valence-corrected chi connectivity index (χ4v) is 3.74. The molecule has 0 heterocycles. The number of esters is 1. The lowest BCUT2D eigenvalue weighted by molar-refractivity contribution is -0.145. The molecule has 0 spiro atoms. The van der Waals surface area contributed by atoms with Gasteiger partial charge in [-0.05, 0) is 36.5 Å². The molecule has 0 aliphatic heterocycles. The van der Waals surface area contributed by atoms with Gasteiger partial charge in [0.05, 0.1) is 13.2 Å². The first-order valence-electron chi connectivity index (χ1n) is 12.2. The first-order chi connectivity index (χ1) is 17.7. The molecule has 9 heteroatoms. The molecule has 0 fully saturated rings. The summed E-state index contributed by atoms with van der Waals surface area (Å²) in [6, 6.07) is 16.7. The summed E-state index contributed by atoms with van der Waals surface area (Å²) in [7, 11) is 1.23. The minimum absolute atomic E-state index is 0.00512. The van der Waals surface area contributed by atoms with E-state index in [9.17, 15) is 19.2 Å². The van der Waals surface area contributed by atoms with E-state index in [0.717, 1.165) is 5.56 Å². The van der Waals surface area contributed by atoms with Crippen molar-refractivity contribution < 1.29 is 23.9 Å². The second-order valence-electron chi connectivity index (χ2n) is 9.05. The van der Waals surface area contributed by atoms with Crippen LogP contribution in [-0.2, 0) is 25.5 Å². The van der Waals surface area contributed by atoms with Gasteiger partial charge in [0, 0.05) is 18.4 Å². The molecule has 0 saturated heterocycles. The number of carbonyl (C=O) groups is 4. The normalized spacial score (nSPS) is 12.9. The van der Waals surface area contributed by atoms with Crippen molar-refractivity contribution >= 4 is 23.7 Å². The van der Waals surface area contributed by atoms with Crippen molar-refractivity contribution in [2.45, 2.75) is 57.7 Å². The molecule has 2 aromatic rings. The molecule has 0 radical (unpaired) electrons. The quantitative estimate of drug-likeness (QED) is 0.357. The van der Waals surface area contributed by atoms with Crippen molar-refractivity contribution in [1.29, 1.82) is 5.26 Å². The number of benzene rings is 2. The molecule has 3 amide bonds. The van der Waals surface area contributed by atoms with Gasteiger partial charge in [-0.25, -0.2) is 4.79 Å². The Kier molecular flexibility index (Phi) is 11.8. The molecule has 0 saturated carbocycles. The van der Waals surface area contributed by atoms with E-state index in [0.29, 0.717) is 12.0 Å². The van der Waals surface area contributed by atoms with Gasteiger partial charge < -0.3 is 20.7 Å². The van der Waals surface area contributed by atoms with Gasteiger partial charge in [-0.2, -0.15) is 5.26 Å². The Morgan fingerprint density at radius 3 is 1.97 bits per heavy atom. The van der Waals surface area contributed by atoms with Crippen LogP contribution < -0.4 is 16.0 Å². The topological polar surface area (TPSA) is 137 Å². The van der Waals surface area contributed by atoms with Gasteiger partial charge in [0.1, 0.15) is 18.1 Å². The first-order valence-corrected chi connectivity index (χ1v) is 12.2. The van der Waals surface area contributed by atoms with Crippen LogP contribution >= 0.6 is 0 Å². The van der Waals surface area contributed by atoms with Crippen molar-refractivity contribution in [3.63, 3.8) is 0 Å². The lowest BCUT2D eigenvalue weighted by Crippen LogP contribution is -2.56. The zero-order valence-corrected chi connectivity index (χ0v) is 21.4. The Labute approximate surface area is 217 Å². The Balaban J connectivity index is 2.17. The van der Waals surface area contributed by atoms with E-state index >= 15 is 0 Å². The molecule has 3 N–H and O–H groups in total. The zero-order chi connectivity index (χ0) is 27.2. The molecule has 1 unspecified atom stereocenters. The summed E-state index contributed by atoms with van der Waals surface area (Å²) in [4.78, 5) is 51.4. The maximum absolute atomic E-state index is 13.2. The smallest absolute Gasteiger partial charge is 0.328 e. The Morgan fingerprint density at radius 2 is 1.41 bits per heavy atom. The Bertz CT molecular complexity index is 1080. The van der Waals surface area contributed by atoms with E-state index in [1.807, 2.05) is 50.2 Å². The minimum atomic E-state index is -1.08. The number of rotatable bonds is 13. The third kappa shape index (κ3) is 9.76. The van der Waals surface area contributed by atoms with Crippen molar-refractivity contribution in [2.75, 3.05) is 7.11 Å². The lowest BCUT2D eigenvalue weighted by atomic mass is 10.0. The fraction of sp³-hybridized carbons (Fsp3) is 0.393. The summed E-state index contributed by atoms with van der Waals surface area (Å²) >= 11 is 0. The van der Waals surface area contributed by atoms with Crippen LogP contribution in [0.4, 0.5) is 0 Å². The van der Waals surface area contributed by atoms with E-state index in [1.165, 1.54) is 7.11 Å². The van der Waals surface area contributed by atoms with Crippen LogP contribution in [0, 0.1) is 17.2 Å². The van der Waals surface area contributed by atoms with Gasteiger partial charge in [-0.3, -0.25) is 14.4 Å². The van der Waals surface area contributed by atoms with Crippen LogP contribution in [0.25, 0.3) is 0 Å². The van der Waals surface area contributed by atoms with Gasteiger partial charge in [0.15, 0.2) is 0 Å². The largest absolute Gasteiger partial charge is 0.467 e. The zero-order valence-electron chi connectivity index (χ0n) is 21.4. The molecular weight excluding hydrogens is 472 g/mol. The number of nitrogens with zero attached hydrogens (tertiary/aromatic N) is 1. The monoisotopic (exact) mass is 506 g/mol. The van der Waals surface area contributed by atoms with E-state index in [4.69, 9.17) is 10.00 Å². The molecule has 196 valence electrons. The lowest BCUT2D eigenvalue weighted by Gasteiger charge is -2.25. The van der Waals surface area contributed by atoms with Crippen LogP contribution in [0.1, 0.15) is 49.0 Å². The van der Waals surface area contributed by atoms with Crippen LogP contribution in [0.3, 0.4) is 0 Å². The Morgan fingerprint density at radius 1 is 0.838 bits per heavy atom. The highest BCUT2D eigenvalue weighted by atomic mass is 16.5. The molecule has 37 heavy (non-hydrogen) atoms. The van der Waals surface area contributed by atoms with Crippen LogP contribution in [-0.4, -0.2) is 48.9 Å². The van der Waals surface area contributed by atoms with Gasteiger partial charge in [0.2, 0.25) is 11.8 Å². The number of amides is 3. The fourth-order valence-electron chi connectivity index (χ4n) is 3.74. The maximum atomic E-state index is 13.2. The van der Waals surface area contributed by atoms with E-state index in [2.05, 4.69) is 16.0 Å². The summed E-state index contributed by atoms with van der Waals surface area (Å²) < 4.78 is 4.85. The molecular formula is C28H34N4O5. The summed E-state index contributed by atoms with van der Waals surface area (Å²) in [6.07, 6.45) is 0.580. The van der Waals surface area contributed by atoms with E-state index in [1.54, 1.807) is 30.3 Å². The molecule has 0 aliphatic carbocycles. The molecule has 2 rings (SSSR count). The number of carbonyl (C=O) groups excluding carboxylic acids is 4. The van der Waals surface area contributed by atoms with Gasteiger partial charge in [0.25, 0.3) is 5.91 Å².